The monoisotopic (exact) mass is 593 g/mol. The van der Waals surface area contributed by atoms with Crippen LogP contribution in [-0.4, -0.2) is 59.5 Å². The van der Waals surface area contributed by atoms with E-state index in [4.69, 9.17) is 23.7 Å². The predicted octanol–water partition coefficient (Wildman–Crippen LogP) is 4.70. The van der Waals surface area contributed by atoms with Gasteiger partial charge < -0.3 is 28.3 Å². The fraction of sp³-hybridized carbons (Fsp3) is 0.355. The van der Waals surface area contributed by atoms with E-state index in [1.54, 1.807) is 11.3 Å². The second-order valence-electron chi connectivity index (χ2n) is 10.1. The van der Waals surface area contributed by atoms with Crippen LogP contribution in [0.3, 0.4) is 0 Å². The smallest absolute Gasteiger partial charge is 0.303 e. The first kappa shape index (κ1) is 29.3. The van der Waals surface area contributed by atoms with E-state index in [2.05, 4.69) is 18.2 Å². The van der Waals surface area contributed by atoms with Gasteiger partial charge in [0.05, 0.1) is 5.52 Å². The molecule has 5 rings (SSSR count). The van der Waals surface area contributed by atoms with E-state index in [1.807, 2.05) is 47.2 Å². The van der Waals surface area contributed by atoms with Crippen LogP contribution in [0.2, 0.25) is 0 Å². The van der Waals surface area contributed by atoms with Crippen LogP contribution in [0.1, 0.15) is 44.4 Å². The lowest BCUT2D eigenvalue weighted by Gasteiger charge is -2.44. The molecule has 2 aromatic carbocycles. The molecule has 1 aliphatic heterocycles. The lowest BCUT2D eigenvalue weighted by molar-refractivity contribution is -0.267. The molecule has 0 aliphatic carbocycles. The van der Waals surface area contributed by atoms with Crippen molar-refractivity contribution in [3.8, 4) is 0 Å². The van der Waals surface area contributed by atoms with Gasteiger partial charge in [0, 0.05) is 55.3 Å². The highest BCUT2D eigenvalue weighted by Crippen LogP contribution is 2.38. The van der Waals surface area contributed by atoms with Crippen molar-refractivity contribution in [2.75, 3.05) is 6.61 Å². The second-order valence-corrected chi connectivity index (χ2v) is 11.3. The van der Waals surface area contributed by atoms with Crippen LogP contribution in [0.25, 0.3) is 21.0 Å². The lowest BCUT2D eigenvalue weighted by atomic mass is 9.97. The number of carbonyl (C=O) groups is 4. The molecule has 0 saturated carbocycles. The molecule has 0 unspecified atom stereocenters. The molecule has 0 bridgehead atoms. The number of fused-ring (bicyclic) bond motifs is 2. The number of carbonyl (C=O) groups excluding carboxylic acids is 4. The first-order chi connectivity index (χ1) is 20.1. The number of para-hydroxylation sites is 1. The van der Waals surface area contributed by atoms with Gasteiger partial charge >= 0.3 is 23.9 Å². The molecule has 42 heavy (non-hydrogen) atoms. The Morgan fingerprint density at radius 1 is 0.810 bits per heavy atom. The quantitative estimate of drug-likeness (QED) is 0.211. The summed E-state index contributed by atoms with van der Waals surface area (Å²) in [6, 6.07) is 18.1. The maximum atomic E-state index is 12.3. The molecule has 0 radical (unpaired) electrons. The molecule has 10 nitrogen and oxygen atoms in total. The Labute approximate surface area is 246 Å². The summed E-state index contributed by atoms with van der Waals surface area (Å²) in [5.74, 6) is -2.57. The molecule has 0 amide bonds. The third kappa shape index (κ3) is 6.32. The first-order valence-electron chi connectivity index (χ1n) is 13.5. The van der Waals surface area contributed by atoms with Gasteiger partial charge in [0.15, 0.2) is 24.5 Å². The minimum Gasteiger partial charge on any atom is -0.463 e. The van der Waals surface area contributed by atoms with E-state index < -0.39 is 54.5 Å². The van der Waals surface area contributed by atoms with E-state index in [0.29, 0.717) is 6.42 Å². The Morgan fingerprint density at radius 3 is 2.14 bits per heavy atom. The van der Waals surface area contributed by atoms with Gasteiger partial charge in [0.2, 0.25) is 0 Å². The van der Waals surface area contributed by atoms with E-state index in [0.717, 1.165) is 16.5 Å². The molecule has 5 atom stereocenters. The van der Waals surface area contributed by atoms with Gasteiger partial charge in [0.1, 0.15) is 12.7 Å². The number of aromatic nitrogens is 1. The van der Waals surface area contributed by atoms with Crippen molar-refractivity contribution >= 4 is 56.2 Å². The number of hydrogen-bond acceptors (Lipinski definition) is 10. The van der Waals surface area contributed by atoms with Gasteiger partial charge in [-0.25, -0.2) is 0 Å². The molecule has 0 N–H and O–H groups in total. The van der Waals surface area contributed by atoms with Gasteiger partial charge in [0.25, 0.3) is 0 Å². The summed E-state index contributed by atoms with van der Waals surface area (Å²) < 4.78 is 31.5. The SMILES string of the molecule is CC(=O)OC[C@H]1O[C@@H](n2cc(Cc3cc4ccccc4s3)c3ccccc32)[C@H](OC(C)=O)[C@@H](OC(C)=O)[C@@H]1OC(C)=O. The zero-order valence-corrected chi connectivity index (χ0v) is 24.4. The van der Waals surface area contributed by atoms with E-state index >= 15 is 0 Å². The highest BCUT2D eigenvalue weighted by atomic mass is 32.1. The molecule has 11 heteroatoms. The molecule has 1 saturated heterocycles. The van der Waals surface area contributed by atoms with Gasteiger partial charge in [-0.3, -0.25) is 19.2 Å². The van der Waals surface area contributed by atoms with Gasteiger partial charge in [-0.2, -0.15) is 0 Å². The number of esters is 4. The Balaban J connectivity index is 1.61. The van der Waals surface area contributed by atoms with Crippen molar-refractivity contribution in [3.05, 3.63) is 71.2 Å². The van der Waals surface area contributed by atoms with E-state index in [1.165, 1.54) is 42.7 Å². The number of nitrogens with zero attached hydrogens (tertiary/aromatic N) is 1. The molecular weight excluding hydrogens is 562 g/mol. The summed E-state index contributed by atoms with van der Waals surface area (Å²) in [5, 5.41) is 2.13. The van der Waals surface area contributed by atoms with Crippen LogP contribution in [-0.2, 0) is 49.3 Å². The van der Waals surface area contributed by atoms with Gasteiger partial charge in [-0.15, -0.1) is 11.3 Å². The Bertz CT molecular complexity index is 1610. The molecule has 2 aromatic heterocycles. The summed E-state index contributed by atoms with van der Waals surface area (Å²) in [5.41, 5.74) is 1.79. The minimum absolute atomic E-state index is 0.290. The van der Waals surface area contributed by atoms with Gasteiger partial charge in [-0.05, 0) is 29.1 Å². The molecule has 1 fully saturated rings. The van der Waals surface area contributed by atoms with E-state index in [-0.39, 0.29) is 6.61 Å². The normalized spacial score (nSPS) is 22.0. The molecule has 0 spiro atoms. The summed E-state index contributed by atoms with van der Waals surface area (Å²) in [7, 11) is 0. The maximum Gasteiger partial charge on any atom is 0.303 e. The molecular formula is C31H31NO9S. The van der Waals surface area contributed by atoms with Crippen molar-refractivity contribution in [1.29, 1.82) is 0 Å². The Kier molecular flexibility index (Phi) is 8.60. The highest BCUT2D eigenvalue weighted by molar-refractivity contribution is 7.19. The second kappa shape index (κ2) is 12.3. The average molecular weight is 594 g/mol. The number of hydrogen-bond donors (Lipinski definition) is 0. The standard InChI is InChI=1S/C31H31NO9S/c1-17(33)37-16-26-28(38-18(2)34)29(39-19(3)35)30(40-20(4)36)31(41-26)32-15-22(24-10-6-7-11-25(24)32)14-23-13-21-9-5-8-12-27(21)42-23/h5-13,15,26,28-31H,14,16H2,1-4H3/t26-,28-,29+,30-,31-/m1/s1. The zero-order chi connectivity index (χ0) is 30.0. The van der Waals surface area contributed by atoms with Crippen LogP contribution in [0.4, 0.5) is 0 Å². The maximum absolute atomic E-state index is 12.3. The van der Waals surface area contributed by atoms with Gasteiger partial charge in [-0.1, -0.05) is 36.4 Å². The third-order valence-electron chi connectivity index (χ3n) is 6.90. The third-order valence-corrected chi connectivity index (χ3v) is 8.02. The van der Waals surface area contributed by atoms with Crippen molar-refractivity contribution in [3.63, 3.8) is 0 Å². The summed E-state index contributed by atoms with van der Waals surface area (Å²) in [4.78, 5) is 49.5. The van der Waals surface area contributed by atoms with Crippen LogP contribution < -0.4 is 0 Å². The number of ether oxygens (including phenoxy) is 5. The van der Waals surface area contributed by atoms with Crippen molar-refractivity contribution in [2.45, 2.75) is 64.8 Å². The highest BCUT2D eigenvalue weighted by Gasteiger charge is 2.53. The van der Waals surface area contributed by atoms with Crippen LogP contribution in [0, 0.1) is 0 Å². The summed E-state index contributed by atoms with van der Waals surface area (Å²) >= 11 is 1.71. The lowest BCUT2D eigenvalue weighted by Crippen LogP contribution is -2.60. The molecule has 4 aromatic rings. The fourth-order valence-electron chi connectivity index (χ4n) is 5.37. The van der Waals surface area contributed by atoms with Crippen LogP contribution in [0.15, 0.2) is 60.8 Å². The van der Waals surface area contributed by atoms with Crippen molar-refractivity contribution in [1.82, 2.24) is 4.57 Å². The number of rotatable bonds is 8. The molecule has 3 heterocycles. The Morgan fingerprint density at radius 2 is 1.45 bits per heavy atom. The van der Waals surface area contributed by atoms with Crippen LogP contribution >= 0.6 is 11.3 Å². The van der Waals surface area contributed by atoms with Crippen molar-refractivity contribution in [2.24, 2.45) is 0 Å². The number of thiophene rings is 1. The largest absolute Gasteiger partial charge is 0.463 e. The zero-order valence-electron chi connectivity index (χ0n) is 23.6. The average Bonchev–Trinajstić information content (AvgIpc) is 3.50. The Hall–Kier alpha value is -4.22. The van der Waals surface area contributed by atoms with Crippen LogP contribution in [0.5, 0.6) is 0 Å². The molecule has 1 aliphatic rings. The summed E-state index contributed by atoms with van der Waals surface area (Å²) in [6.07, 6.45) is -3.16. The summed E-state index contributed by atoms with van der Waals surface area (Å²) in [6.45, 7) is 4.58. The topological polar surface area (TPSA) is 119 Å². The first-order valence-corrected chi connectivity index (χ1v) is 14.3. The minimum atomic E-state index is -1.25. The predicted molar refractivity (Wildman–Crippen MR) is 154 cm³/mol. The van der Waals surface area contributed by atoms with Crippen molar-refractivity contribution < 1.29 is 42.9 Å². The molecule has 220 valence electrons. The fourth-order valence-corrected chi connectivity index (χ4v) is 6.46. The number of benzene rings is 2. The van der Waals surface area contributed by atoms with E-state index in [9.17, 15) is 19.2 Å².